The highest BCUT2D eigenvalue weighted by Gasteiger charge is 2.25. The molecule has 0 bridgehead atoms. The fourth-order valence-electron chi connectivity index (χ4n) is 3.65. The summed E-state index contributed by atoms with van der Waals surface area (Å²) in [6, 6.07) is 17.4. The van der Waals surface area contributed by atoms with Crippen molar-refractivity contribution in [2.45, 2.75) is 45.4 Å². The molecule has 1 unspecified atom stereocenters. The Morgan fingerprint density at radius 1 is 1.06 bits per heavy atom. The van der Waals surface area contributed by atoms with Crippen LogP contribution in [0.25, 0.3) is 17.0 Å². The molecule has 0 saturated heterocycles. The van der Waals surface area contributed by atoms with Crippen LogP contribution in [0, 0.1) is 0 Å². The maximum Gasteiger partial charge on any atom is 0.408 e. The summed E-state index contributed by atoms with van der Waals surface area (Å²) in [5.74, 6) is -0.339. The molecule has 2 N–H and O–H groups in total. The number of methoxy groups -OCH3 is 1. The maximum absolute atomic E-state index is 12.8. The van der Waals surface area contributed by atoms with Gasteiger partial charge in [-0.25, -0.2) is 4.79 Å². The average Bonchev–Trinajstić information content (AvgIpc) is 3.14. The van der Waals surface area contributed by atoms with Crippen molar-refractivity contribution in [3.63, 3.8) is 0 Å². The van der Waals surface area contributed by atoms with Gasteiger partial charge >= 0.3 is 6.09 Å². The molecule has 2 amide bonds. The SMILES string of the molecule is COCNC(=O)C(Cc1cn(C/C=C/c2ccccc2)c2ccccc12)NC(=O)OC(C)(C)C. The van der Waals surface area contributed by atoms with Crippen LogP contribution in [0.1, 0.15) is 31.9 Å². The Balaban J connectivity index is 1.83. The summed E-state index contributed by atoms with van der Waals surface area (Å²) in [5.41, 5.74) is 2.48. The third-order valence-electron chi connectivity index (χ3n) is 5.11. The van der Waals surface area contributed by atoms with Crippen molar-refractivity contribution >= 4 is 29.0 Å². The lowest BCUT2D eigenvalue weighted by atomic mass is 10.0. The summed E-state index contributed by atoms with van der Waals surface area (Å²) in [6.07, 6.45) is 5.89. The Hall–Kier alpha value is -3.58. The third kappa shape index (κ3) is 7.22. The first-order valence-corrected chi connectivity index (χ1v) is 11.3. The average molecular weight is 464 g/mol. The van der Waals surface area contributed by atoms with Crippen molar-refractivity contribution in [1.82, 2.24) is 15.2 Å². The molecule has 3 rings (SSSR count). The monoisotopic (exact) mass is 463 g/mol. The smallest absolute Gasteiger partial charge is 0.408 e. The van der Waals surface area contributed by atoms with Crippen molar-refractivity contribution < 1.29 is 19.1 Å². The zero-order chi connectivity index (χ0) is 24.6. The number of ether oxygens (including phenoxy) is 2. The van der Waals surface area contributed by atoms with Crippen LogP contribution in [-0.2, 0) is 27.2 Å². The van der Waals surface area contributed by atoms with Gasteiger partial charge in [-0.2, -0.15) is 0 Å². The number of benzene rings is 2. The van der Waals surface area contributed by atoms with Gasteiger partial charge in [0, 0.05) is 37.2 Å². The van der Waals surface area contributed by atoms with E-state index >= 15 is 0 Å². The molecule has 1 atom stereocenters. The summed E-state index contributed by atoms with van der Waals surface area (Å²) in [4.78, 5) is 25.2. The van der Waals surface area contributed by atoms with Gasteiger partial charge in [0.15, 0.2) is 0 Å². The number of hydrogen-bond acceptors (Lipinski definition) is 4. The van der Waals surface area contributed by atoms with Crippen LogP contribution in [0.2, 0.25) is 0 Å². The Labute approximate surface area is 200 Å². The van der Waals surface area contributed by atoms with Crippen molar-refractivity contribution in [1.29, 1.82) is 0 Å². The van der Waals surface area contributed by atoms with E-state index in [1.54, 1.807) is 20.8 Å². The minimum Gasteiger partial charge on any atom is -0.444 e. The first-order chi connectivity index (χ1) is 16.3. The molecular formula is C27H33N3O4. The molecule has 0 fully saturated rings. The first kappa shape index (κ1) is 25.1. The Morgan fingerprint density at radius 3 is 2.47 bits per heavy atom. The van der Waals surface area contributed by atoms with Crippen LogP contribution in [-0.4, -0.2) is 42.1 Å². The number of rotatable bonds is 9. The van der Waals surface area contributed by atoms with E-state index in [-0.39, 0.29) is 12.6 Å². The molecular weight excluding hydrogens is 430 g/mol. The Morgan fingerprint density at radius 2 is 1.76 bits per heavy atom. The molecule has 2 aromatic carbocycles. The van der Waals surface area contributed by atoms with Gasteiger partial charge in [-0.15, -0.1) is 0 Å². The minimum absolute atomic E-state index is 0.0529. The topological polar surface area (TPSA) is 81.6 Å². The van der Waals surface area contributed by atoms with Crippen molar-refractivity contribution in [2.75, 3.05) is 13.8 Å². The lowest BCUT2D eigenvalue weighted by Gasteiger charge is -2.23. The predicted molar refractivity (Wildman–Crippen MR) is 134 cm³/mol. The predicted octanol–water partition coefficient (Wildman–Crippen LogP) is 4.51. The van der Waals surface area contributed by atoms with E-state index in [9.17, 15) is 9.59 Å². The van der Waals surface area contributed by atoms with E-state index in [0.717, 1.165) is 22.0 Å². The van der Waals surface area contributed by atoms with Crippen LogP contribution in [0.15, 0.2) is 66.9 Å². The van der Waals surface area contributed by atoms with Gasteiger partial charge in [-0.3, -0.25) is 4.79 Å². The maximum atomic E-state index is 12.8. The number of carbonyl (C=O) groups is 2. The highest BCUT2D eigenvalue weighted by molar-refractivity contribution is 5.88. The molecule has 0 radical (unpaired) electrons. The summed E-state index contributed by atoms with van der Waals surface area (Å²) in [7, 11) is 1.49. The van der Waals surface area contributed by atoms with Crippen molar-refractivity contribution in [3.8, 4) is 0 Å². The van der Waals surface area contributed by atoms with E-state index in [2.05, 4.69) is 45.6 Å². The molecule has 7 heteroatoms. The minimum atomic E-state index is -0.816. The standard InChI is InChI=1S/C27H33N3O4/c1-27(2,3)34-26(32)29-23(25(31)28-19-33-4)17-21-18-30(24-15-9-8-14-22(21)24)16-10-13-20-11-6-5-7-12-20/h5-15,18,23H,16-17,19H2,1-4H3,(H,28,31)(H,29,32)/b13-10+. The number of hydrogen-bond donors (Lipinski definition) is 2. The normalized spacial score (nSPS) is 12.6. The van der Waals surface area contributed by atoms with E-state index in [4.69, 9.17) is 9.47 Å². The van der Waals surface area contributed by atoms with E-state index in [1.807, 2.05) is 42.6 Å². The van der Waals surface area contributed by atoms with E-state index in [0.29, 0.717) is 13.0 Å². The largest absolute Gasteiger partial charge is 0.444 e. The molecule has 0 saturated carbocycles. The van der Waals surface area contributed by atoms with Gasteiger partial charge in [-0.05, 0) is 38.0 Å². The number of alkyl carbamates (subject to hydrolysis) is 1. The van der Waals surface area contributed by atoms with Crippen LogP contribution >= 0.6 is 0 Å². The zero-order valence-electron chi connectivity index (χ0n) is 20.2. The van der Waals surface area contributed by atoms with Gasteiger partial charge < -0.3 is 24.7 Å². The molecule has 34 heavy (non-hydrogen) atoms. The first-order valence-electron chi connectivity index (χ1n) is 11.3. The molecule has 3 aromatic rings. The number of carbonyl (C=O) groups excluding carboxylic acids is 2. The van der Waals surface area contributed by atoms with Crippen LogP contribution in [0.3, 0.4) is 0 Å². The lowest BCUT2D eigenvalue weighted by molar-refractivity contribution is -0.124. The number of para-hydroxylation sites is 1. The van der Waals surface area contributed by atoms with Crippen molar-refractivity contribution in [3.05, 3.63) is 78.0 Å². The second-order valence-corrected chi connectivity index (χ2v) is 9.01. The molecule has 0 aliphatic carbocycles. The van der Waals surface area contributed by atoms with Gasteiger partial charge in [0.25, 0.3) is 0 Å². The number of aromatic nitrogens is 1. The number of fused-ring (bicyclic) bond motifs is 1. The Bertz CT molecular complexity index is 1130. The van der Waals surface area contributed by atoms with E-state index < -0.39 is 17.7 Å². The Kier molecular flexibility index (Phi) is 8.49. The molecule has 0 aliphatic rings. The lowest BCUT2D eigenvalue weighted by Crippen LogP contribution is -2.49. The third-order valence-corrected chi connectivity index (χ3v) is 5.11. The summed E-state index contributed by atoms with van der Waals surface area (Å²) < 4.78 is 12.5. The fourth-order valence-corrected chi connectivity index (χ4v) is 3.65. The molecule has 7 nitrogen and oxygen atoms in total. The fraction of sp³-hybridized carbons (Fsp3) is 0.333. The molecule has 0 aliphatic heterocycles. The highest BCUT2D eigenvalue weighted by Crippen LogP contribution is 2.23. The quantitative estimate of drug-likeness (QED) is 0.458. The van der Waals surface area contributed by atoms with Crippen LogP contribution < -0.4 is 10.6 Å². The second kappa shape index (κ2) is 11.5. The van der Waals surface area contributed by atoms with Gasteiger partial charge in [0.1, 0.15) is 18.4 Å². The van der Waals surface area contributed by atoms with Crippen molar-refractivity contribution in [2.24, 2.45) is 0 Å². The summed E-state index contributed by atoms with van der Waals surface area (Å²) in [6.45, 7) is 6.07. The summed E-state index contributed by atoms with van der Waals surface area (Å²) in [5, 5.41) is 6.43. The number of nitrogens with zero attached hydrogens (tertiary/aromatic N) is 1. The van der Waals surface area contributed by atoms with Crippen LogP contribution in [0.4, 0.5) is 4.79 Å². The molecule has 1 heterocycles. The highest BCUT2D eigenvalue weighted by atomic mass is 16.6. The van der Waals surface area contributed by atoms with Gasteiger partial charge in [-0.1, -0.05) is 60.7 Å². The van der Waals surface area contributed by atoms with Gasteiger partial charge in [0.05, 0.1) is 0 Å². The molecule has 180 valence electrons. The van der Waals surface area contributed by atoms with Gasteiger partial charge in [0.2, 0.25) is 5.91 Å². The number of nitrogens with one attached hydrogen (secondary N) is 2. The second-order valence-electron chi connectivity index (χ2n) is 9.01. The summed E-state index contributed by atoms with van der Waals surface area (Å²) >= 11 is 0. The molecule has 1 aromatic heterocycles. The van der Waals surface area contributed by atoms with Crippen LogP contribution in [0.5, 0.6) is 0 Å². The molecule has 0 spiro atoms. The number of allylic oxidation sites excluding steroid dienone is 1. The zero-order valence-corrected chi connectivity index (χ0v) is 20.2. The van der Waals surface area contributed by atoms with E-state index in [1.165, 1.54) is 7.11 Å². The number of amides is 2.